The van der Waals surface area contributed by atoms with Crippen LogP contribution in [0.3, 0.4) is 0 Å². The first-order chi connectivity index (χ1) is 9.54. The Labute approximate surface area is 119 Å². The van der Waals surface area contributed by atoms with Gasteiger partial charge >= 0.3 is 5.97 Å². The number of benzene rings is 2. The van der Waals surface area contributed by atoms with Crippen molar-refractivity contribution in [1.29, 1.82) is 0 Å². The number of halogens is 2. The number of aliphatic carboxylic acids is 1. The van der Waals surface area contributed by atoms with E-state index in [4.69, 9.17) is 21.4 Å². The number of carboxylic acid groups (broad SMARTS) is 1. The minimum atomic E-state index is -1.05. The highest BCUT2D eigenvalue weighted by Gasteiger charge is 2.03. The fraction of sp³-hybridized carbons (Fsp3) is 0. The van der Waals surface area contributed by atoms with Gasteiger partial charge in [0, 0.05) is 12.1 Å². The Morgan fingerprint density at radius 1 is 1.20 bits per heavy atom. The number of rotatable bonds is 4. The van der Waals surface area contributed by atoms with Gasteiger partial charge in [0.15, 0.2) is 0 Å². The van der Waals surface area contributed by atoms with Crippen molar-refractivity contribution in [2.75, 3.05) is 0 Å². The molecule has 0 heterocycles. The molecule has 2 rings (SSSR count). The number of hydrogen-bond donors (Lipinski definition) is 1. The Kier molecular flexibility index (Phi) is 4.38. The minimum absolute atomic E-state index is 0.344. The van der Waals surface area contributed by atoms with Crippen LogP contribution in [0, 0.1) is 5.82 Å². The van der Waals surface area contributed by atoms with Gasteiger partial charge in [0.2, 0.25) is 0 Å². The van der Waals surface area contributed by atoms with Crippen molar-refractivity contribution in [2.45, 2.75) is 0 Å². The Balaban J connectivity index is 2.19. The zero-order valence-corrected chi connectivity index (χ0v) is 11.0. The zero-order valence-electron chi connectivity index (χ0n) is 10.2. The molecule has 0 atom stereocenters. The fourth-order valence-corrected chi connectivity index (χ4v) is 1.77. The average Bonchev–Trinajstić information content (AvgIpc) is 2.37. The van der Waals surface area contributed by atoms with Gasteiger partial charge in [0.05, 0.1) is 5.02 Å². The van der Waals surface area contributed by atoms with Crippen LogP contribution in [-0.4, -0.2) is 11.1 Å². The zero-order chi connectivity index (χ0) is 14.5. The smallest absolute Gasteiger partial charge is 0.328 e. The third-order valence-electron chi connectivity index (χ3n) is 2.41. The number of hydrogen-bond acceptors (Lipinski definition) is 2. The molecule has 2 aromatic rings. The minimum Gasteiger partial charge on any atom is -0.478 e. The number of carbonyl (C=O) groups is 1. The Morgan fingerprint density at radius 3 is 2.60 bits per heavy atom. The molecule has 0 amide bonds. The summed E-state index contributed by atoms with van der Waals surface area (Å²) in [6.07, 6.45) is 2.38. The third kappa shape index (κ3) is 3.83. The van der Waals surface area contributed by atoms with Crippen molar-refractivity contribution in [3.05, 3.63) is 64.9 Å². The van der Waals surface area contributed by atoms with Crippen molar-refractivity contribution in [3.8, 4) is 11.5 Å². The molecule has 5 heteroatoms. The molecule has 0 unspecified atom stereocenters. The maximum atomic E-state index is 13.0. The molecule has 20 heavy (non-hydrogen) atoms. The van der Waals surface area contributed by atoms with Crippen molar-refractivity contribution in [3.63, 3.8) is 0 Å². The predicted molar refractivity (Wildman–Crippen MR) is 74.6 cm³/mol. The van der Waals surface area contributed by atoms with Crippen molar-refractivity contribution in [1.82, 2.24) is 0 Å². The first-order valence-corrected chi connectivity index (χ1v) is 6.06. The van der Waals surface area contributed by atoms with Crippen LogP contribution in [0.25, 0.3) is 6.08 Å². The van der Waals surface area contributed by atoms with Crippen LogP contribution in [0.5, 0.6) is 11.5 Å². The summed E-state index contributed by atoms with van der Waals surface area (Å²) in [5.41, 5.74) is 0.556. The van der Waals surface area contributed by atoms with E-state index in [2.05, 4.69) is 0 Å². The fourth-order valence-electron chi connectivity index (χ4n) is 1.53. The summed E-state index contributed by atoms with van der Waals surface area (Å²) in [6, 6.07) is 10.5. The van der Waals surface area contributed by atoms with Gasteiger partial charge in [-0.15, -0.1) is 0 Å². The van der Waals surface area contributed by atoms with Crippen LogP contribution in [0.2, 0.25) is 5.02 Å². The standard InChI is InChI=1S/C15H10ClFO3/c16-14-9-13(6-4-10(14)5-7-15(18)19)20-12-3-1-2-11(17)8-12/h1-9H,(H,18,19)/b7-5+. The van der Waals surface area contributed by atoms with Crippen LogP contribution in [0.1, 0.15) is 5.56 Å². The lowest BCUT2D eigenvalue weighted by atomic mass is 10.2. The van der Waals surface area contributed by atoms with Gasteiger partial charge in [-0.25, -0.2) is 9.18 Å². The predicted octanol–water partition coefficient (Wildman–Crippen LogP) is 4.37. The summed E-state index contributed by atoms with van der Waals surface area (Å²) >= 11 is 6.01. The van der Waals surface area contributed by atoms with Crippen LogP contribution in [0.4, 0.5) is 4.39 Å². The van der Waals surface area contributed by atoms with Crippen molar-refractivity contribution >= 4 is 23.6 Å². The van der Waals surface area contributed by atoms with Gasteiger partial charge in [-0.2, -0.15) is 0 Å². The molecule has 0 saturated carbocycles. The molecule has 0 aliphatic heterocycles. The van der Waals surface area contributed by atoms with Gasteiger partial charge in [0.25, 0.3) is 0 Å². The average molecular weight is 293 g/mol. The van der Waals surface area contributed by atoms with E-state index < -0.39 is 11.8 Å². The monoisotopic (exact) mass is 292 g/mol. The maximum absolute atomic E-state index is 13.0. The molecular weight excluding hydrogens is 283 g/mol. The largest absolute Gasteiger partial charge is 0.478 e. The molecular formula is C15H10ClFO3. The van der Waals surface area contributed by atoms with Crippen LogP contribution < -0.4 is 4.74 Å². The van der Waals surface area contributed by atoms with E-state index in [0.29, 0.717) is 22.1 Å². The third-order valence-corrected chi connectivity index (χ3v) is 2.74. The highest BCUT2D eigenvalue weighted by Crippen LogP contribution is 2.27. The highest BCUT2D eigenvalue weighted by atomic mass is 35.5. The lowest BCUT2D eigenvalue weighted by molar-refractivity contribution is -0.131. The quantitative estimate of drug-likeness (QED) is 0.851. The molecule has 102 valence electrons. The van der Waals surface area contributed by atoms with Crippen molar-refractivity contribution < 1.29 is 19.0 Å². The molecule has 0 saturated heterocycles. The number of ether oxygens (including phenoxy) is 1. The molecule has 0 aromatic heterocycles. The van der Waals surface area contributed by atoms with Gasteiger partial charge < -0.3 is 9.84 Å². The lowest BCUT2D eigenvalue weighted by Crippen LogP contribution is -1.88. The van der Waals surface area contributed by atoms with Crippen LogP contribution in [0.15, 0.2) is 48.5 Å². The molecule has 3 nitrogen and oxygen atoms in total. The second kappa shape index (κ2) is 6.21. The molecule has 0 radical (unpaired) electrons. The van der Waals surface area contributed by atoms with E-state index >= 15 is 0 Å². The highest BCUT2D eigenvalue weighted by molar-refractivity contribution is 6.32. The lowest BCUT2D eigenvalue weighted by Gasteiger charge is -2.07. The summed E-state index contributed by atoms with van der Waals surface area (Å²) in [5.74, 6) is -0.654. The second-order valence-corrected chi connectivity index (χ2v) is 4.32. The summed E-state index contributed by atoms with van der Waals surface area (Å²) in [4.78, 5) is 10.4. The van der Waals surface area contributed by atoms with E-state index in [1.807, 2.05) is 0 Å². The number of carboxylic acids is 1. The molecule has 0 fully saturated rings. The Hall–Kier alpha value is -2.33. The summed E-state index contributed by atoms with van der Waals surface area (Å²) in [6.45, 7) is 0. The molecule has 1 N–H and O–H groups in total. The summed E-state index contributed by atoms with van der Waals surface area (Å²) in [7, 11) is 0. The molecule has 0 aliphatic rings. The molecule has 2 aromatic carbocycles. The molecule has 0 bridgehead atoms. The normalized spacial score (nSPS) is 10.7. The Bertz CT molecular complexity index is 668. The first-order valence-electron chi connectivity index (χ1n) is 5.68. The second-order valence-electron chi connectivity index (χ2n) is 3.91. The van der Waals surface area contributed by atoms with Crippen molar-refractivity contribution in [2.24, 2.45) is 0 Å². The van der Waals surface area contributed by atoms with E-state index in [9.17, 15) is 9.18 Å². The maximum Gasteiger partial charge on any atom is 0.328 e. The van der Waals surface area contributed by atoms with Crippen LogP contribution >= 0.6 is 11.6 Å². The summed E-state index contributed by atoms with van der Waals surface area (Å²) < 4.78 is 18.5. The van der Waals surface area contributed by atoms with Gasteiger partial charge in [-0.3, -0.25) is 0 Å². The van der Waals surface area contributed by atoms with E-state index in [-0.39, 0.29) is 0 Å². The van der Waals surface area contributed by atoms with E-state index in [1.165, 1.54) is 30.3 Å². The molecule has 0 spiro atoms. The van der Waals surface area contributed by atoms with E-state index in [0.717, 1.165) is 6.08 Å². The van der Waals surface area contributed by atoms with Gasteiger partial charge in [0.1, 0.15) is 17.3 Å². The van der Waals surface area contributed by atoms with E-state index in [1.54, 1.807) is 18.2 Å². The topological polar surface area (TPSA) is 46.5 Å². The SMILES string of the molecule is O=C(O)/C=C/c1ccc(Oc2cccc(F)c2)cc1Cl. The Morgan fingerprint density at radius 2 is 1.95 bits per heavy atom. The molecule has 0 aliphatic carbocycles. The van der Waals surface area contributed by atoms with Gasteiger partial charge in [-0.05, 0) is 42.0 Å². The first kappa shape index (κ1) is 14.1. The van der Waals surface area contributed by atoms with Crippen LogP contribution in [-0.2, 0) is 4.79 Å². The van der Waals surface area contributed by atoms with Gasteiger partial charge in [-0.1, -0.05) is 17.7 Å². The summed E-state index contributed by atoms with van der Waals surface area (Å²) in [5, 5.41) is 8.89.